The van der Waals surface area contributed by atoms with Crippen LogP contribution in [-0.4, -0.2) is 25.7 Å². The zero-order valence-corrected chi connectivity index (χ0v) is 5.14. The standard InChI is InChI=1S/C5H10N2O/c1-4-3-7-5(6-2)8-4/h4H,3H2,1-2H3,(H,6,7). The number of hydrogen-bond acceptors (Lipinski definition) is 2. The molecule has 1 aliphatic heterocycles. The van der Waals surface area contributed by atoms with Crippen molar-refractivity contribution in [2.75, 3.05) is 13.6 Å². The van der Waals surface area contributed by atoms with Gasteiger partial charge in [0.25, 0.3) is 6.02 Å². The van der Waals surface area contributed by atoms with E-state index in [1.807, 2.05) is 6.92 Å². The van der Waals surface area contributed by atoms with Gasteiger partial charge in [0.05, 0.1) is 6.54 Å². The Labute approximate surface area is 48.8 Å². The fourth-order valence-electron chi connectivity index (χ4n) is 0.637. The third kappa shape index (κ3) is 0.911. The smallest absolute Gasteiger partial charge is 0.284 e. The first-order chi connectivity index (χ1) is 3.83. The van der Waals surface area contributed by atoms with Crippen LogP contribution in [0.5, 0.6) is 0 Å². The molecule has 1 unspecified atom stereocenters. The van der Waals surface area contributed by atoms with Crippen LogP contribution in [0.4, 0.5) is 0 Å². The summed E-state index contributed by atoms with van der Waals surface area (Å²) in [7, 11) is 1.71. The molecule has 0 spiro atoms. The molecule has 0 aromatic carbocycles. The van der Waals surface area contributed by atoms with Gasteiger partial charge < -0.3 is 10.1 Å². The molecule has 1 N–H and O–H groups in total. The third-order valence-corrected chi connectivity index (χ3v) is 1.06. The number of nitrogens with one attached hydrogen (secondary N) is 1. The Morgan fingerprint density at radius 3 is 2.88 bits per heavy atom. The molecule has 0 amide bonds. The average molecular weight is 114 g/mol. The minimum atomic E-state index is 0.286. The lowest BCUT2D eigenvalue weighted by atomic mass is 10.4. The van der Waals surface area contributed by atoms with Gasteiger partial charge in [-0.05, 0) is 6.92 Å². The van der Waals surface area contributed by atoms with Crippen LogP contribution in [0.15, 0.2) is 4.99 Å². The maximum atomic E-state index is 5.15. The van der Waals surface area contributed by atoms with Crippen molar-refractivity contribution in [3.8, 4) is 0 Å². The Kier molecular flexibility index (Phi) is 1.37. The molecule has 8 heavy (non-hydrogen) atoms. The van der Waals surface area contributed by atoms with E-state index in [1.165, 1.54) is 0 Å². The molecular formula is C5H10N2O. The van der Waals surface area contributed by atoms with Crippen molar-refractivity contribution in [2.45, 2.75) is 13.0 Å². The van der Waals surface area contributed by atoms with Crippen LogP contribution < -0.4 is 5.32 Å². The van der Waals surface area contributed by atoms with Crippen LogP contribution >= 0.6 is 0 Å². The third-order valence-electron chi connectivity index (χ3n) is 1.06. The average Bonchev–Trinajstić information content (AvgIpc) is 2.14. The van der Waals surface area contributed by atoms with E-state index in [9.17, 15) is 0 Å². The van der Waals surface area contributed by atoms with E-state index in [2.05, 4.69) is 10.3 Å². The summed E-state index contributed by atoms with van der Waals surface area (Å²) >= 11 is 0. The van der Waals surface area contributed by atoms with Crippen molar-refractivity contribution in [3.63, 3.8) is 0 Å². The quantitative estimate of drug-likeness (QED) is 0.480. The largest absolute Gasteiger partial charge is 0.460 e. The van der Waals surface area contributed by atoms with Crippen molar-refractivity contribution in [2.24, 2.45) is 4.99 Å². The lowest BCUT2D eigenvalue weighted by Gasteiger charge is -1.96. The Bertz CT molecular complexity index is 111. The topological polar surface area (TPSA) is 33.6 Å². The summed E-state index contributed by atoms with van der Waals surface area (Å²) in [6.45, 7) is 2.89. The minimum Gasteiger partial charge on any atom is -0.460 e. The maximum Gasteiger partial charge on any atom is 0.284 e. The molecule has 3 nitrogen and oxygen atoms in total. The summed E-state index contributed by atoms with van der Waals surface area (Å²) in [5, 5.41) is 2.98. The predicted molar refractivity (Wildman–Crippen MR) is 31.9 cm³/mol. The molecule has 0 saturated carbocycles. The van der Waals surface area contributed by atoms with Crippen LogP contribution in [0.1, 0.15) is 6.92 Å². The molecule has 1 atom stereocenters. The minimum absolute atomic E-state index is 0.286. The van der Waals surface area contributed by atoms with Crippen LogP contribution in [0, 0.1) is 0 Å². The van der Waals surface area contributed by atoms with Crippen LogP contribution in [-0.2, 0) is 4.74 Å². The van der Waals surface area contributed by atoms with Crippen molar-refractivity contribution >= 4 is 6.02 Å². The van der Waals surface area contributed by atoms with Crippen LogP contribution in [0.3, 0.4) is 0 Å². The molecule has 1 heterocycles. The van der Waals surface area contributed by atoms with Gasteiger partial charge in [-0.1, -0.05) is 0 Å². The van der Waals surface area contributed by atoms with Gasteiger partial charge in [0.2, 0.25) is 0 Å². The van der Waals surface area contributed by atoms with Gasteiger partial charge in [0.1, 0.15) is 6.10 Å². The number of ether oxygens (including phenoxy) is 1. The van der Waals surface area contributed by atoms with Gasteiger partial charge in [-0.2, -0.15) is 0 Å². The summed E-state index contributed by atoms with van der Waals surface area (Å²) < 4.78 is 5.15. The molecule has 0 aromatic heterocycles. The molecule has 46 valence electrons. The van der Waals surface area contributed by atoms with E-state index in [0.717, 1.165) is 6.54 Å². The molecule has 0 bridgehead atoms. The summed E-state index contributed by atoms with van der Waals surface area (Å²) in [6, 6.07) is 0.664. The second-order valence-corrected chi connectivity index (χ2v) is 1.84. The maximum absolute atomic E-state index is 5.15. The highest BCUT2D eigenvalue weighted by Gasteiger charge is 2.14. The SMILES string of the molecule is CN=C1NCC(C)O1. The van der Waals surface area contributed by atoms with Crippen LogP contribution in [0.25, 0.3) is 0 Å². The first-order valence-corrected chi connectivity index (χ1v) is 2.70. The molecule has 1 saturated heterocycles. The van der Waals surface area contributed by atoms with E-state index in [-0.39, 0.29) is 6.10 Å². The van der Waals surface area contributed by atoms with Gasteiger partial charge in [-0.25, -0.2) is 4.99 Å². The summed E-state index contributed by atoms with van der Waals surface area (Å²) in [5.41, 5.74) is 0. The van der Waals surface area contributed by atoms with Crippen molar-refractivity contribution in [3.05, 3.63) is 0 Å². The second-order valence-electron chi connectivity index (χ2n) is 1.84. The summed E-state index contributed by atoms with van der Waals surface area (Å²) in [6.07, 6.45) is 0.286. The zero-order chi connectivity index (χ0) is 5.98. The highest BCUT2D eigenvalue weighted by atomic mass is 16.5. The predicted octanol–water partition coefficient (Wildman–Crippen LogP) is -0.0195. The Hall–Kier alpha value is -0.730. The van der Waals surface area contributed by atoms with Gasteiger partial charge in [-0.3, -0.25) is 0 Å². The van der Waals surface area contributed by atoms with E-state index < -0.39 is 0 Å². The first-order valence-electron chi connectivity index (χ1n) is 2.70. The van der Waals surface area contributed by atoms with E-state index >= 15 is 0 Å². The number of amidine groups is 1. The van der Waals surface area contributed by atoms with Crippen LogP contribution in [0.2, 0.25) is 0 Å². The lowest BCUT2D eigenvalue weighted by Crippen LogP contribution is -2.15. The Morgan fingerprint density at radius 1 is 1.88 bits per heavy atom. The molecule has 1 aliphatic rings. The zero-order valence-electron chi connectivity index (χ0n) is 5.14. The molecular weight excluding hydrogens is 104 g/mol. The molecule has 0 radical (unpaired) electrons. The van der Waals surface area contributed by atoms with Gasteiger partial charge >= 0.3 is 0 Å². The monoisotopic (exact) mass is 114 g/mol. The normalized spacial score (nSPS) is 32.2. The number of aliphatic imine (C=N–C) groups is 1. The Morgan fingerprint density at radius 2 is 2.62 bits per heavy atom. The lowest BCUT2D eigenvalue weighted by molar-refractivity contribution is 0.251. The Balaban J connectivity index is 2.44. The van der Waals surface area contributed by atoms with Crippen molar-refractivity contribution in [1.29, 1.82) is 0 Å². The fourth-order valence-corrected chi connectivity index (χ4v) is 0.637. The number of rotatable bonds is 0. The van der Waals surface area contributed by atoms with E-state index in [1.54, 1.807) is 7.05 Å². The fraction of sp³-hybridized carbons (Fsp3) is 0.800. The van der Waals surface area contributed by atoms with Gasteiger partial charge in [0, 0.05) is 7.05 Å². The van der Waals surface area contributed by atoms with E-state index in [4.69, 9.17) is 4.74 Å². The van der Waals surface area contributed by atoms with Gasteiger partial charge in [-0.15, -0.1) is 0 Å². The van der Waals surface area contributed by atoms with Gasteiger partial charge in [0.15, 0.2) is 0 Å². The number of hydrogen-bond donors (Lipinski definition) is 1. The molecule has 3 heteroatoms. The first kappa shape index (κ1) is 5.41. The number of nitrogens with zero attached hydrogens (tertiary/aromatic N) is 1. The highest BCUT2D eigenvalue weighted by molar-refractivity contribution is 5.75. The molecule has 1 fully saturated rings. The highest BCUT2D eigenvalue weighted by Crippen LogP contribution is 1.96. The molecule has 1 rings (SSSR count). The second kappa shape index (κ2) is 2.03. The molecule has 0 aromatic rings. The summed E-state index contributed by atoms with van der Waals surface area (Å²) in [5.74, 6) is 0. The van der Waals surface area contributed by atoms with Crippen molar-refractivity contribution in [1.82, 2.24) is 5.32 Å². The molecule has 0 aliphatic carbocycles. The van der Waals surface area contributed by atoms with Crippen molar-refractivity contribution < 1.29 is 4.74 Å². The van der Waals surface area contributed by atoms with E-state index in [0.29, 0.717) is 6.02 Å². The summed E-state index contributed by atoms with van der Waals surface area (Å²) in [4.78, 5) is 3.82.